The fourth-order valence-electron chi connectivity index (χ4n) is 3.12. The summed E-state index contributed by atoms with van der Waals surface area (Å²) in [5.74, 6) is 0.651. The minimum atomic E-state index is -0.268. The van der Waals surface area contributed by atoms with E-state index in [0.717, 1.165) is 25.1 Å². The summed E-state index contributed by atoms with van der Waals surface area (Å²) in [5, 5.41) is 6.64. The molecule has 1 fully saturated rings. The SMILES string of the molecule is CCNC(=NCc1ccc(F)c(COC)c1)NC1CCN(C(=O)C(C)C)C1. The van der Waals surface area contributed by atoms with E-state index in [9.17, 15) is 9.18 Å². The van der Waals surface area contributed by atoms with E-state index in [-0.39, 0.29) is 30.3 Å². The van der Waals surface area contributed by atoms with Crippen LogP contribution in [0.25, 0.3) is 0 Å². The largest absolute Gasteiger partial charge is 0.380 e. The second-order valence-corrected chi connectivity index (χ2v) is 7.12. The highest BCUT2D eigenvalue weighted by molar-refractivity contribution is 5.81. The van der Waals surface area contributed by atoms with Gasteiger partial charge in [-0.25, -0.2) is 9.38 Å². The highest BCUT2D eigenvalue weighted by atomic mass is 19.1. The van der Waals surface area contributed by atoms with Gasteiger partial charge < -0.3 is 20.3 Å². The number of hydrogen-bond acceptors (Lipinski definition) is 3. The third kappa shape index (κ3) is 6.20. The fourth-order valence-corrected chi connectivity index (χ4v) is 3.12. The Kier molecular flexibility index (Phi) is 8.03. The Hall–Kier alpha value is -2.15. The van der Waals surface area contributed by atoms with Gasteiger partial charge in [0, 0.05) is 44.3 Å². The van der Waals surface area contributed by atoms with Crippen molar-refractivity contribution in [3.63, 3.8) is 0 Å². The lowest BCUT2D eigenvalue weighted by Gasteiger charge is -2.20. The normalized spacial score (nSPS) is 17.5. The summed E-state index contributed by atoms with van der Waals surface area (Å²) >= 11 is 0. The Balaban J connectivity index is 1.99. The Bertz CT molecular complexity index is 663. The minimum Gasteiger partial charge on any atom is -0.380 e. The van der Waals surface area contributed by atoms with Gasteiger partial charge in [-0.2, -0.15) is 0 Å². The van der Waals surface area contributed by atoms with Crippen molar-refractivity contribution in [1.29, 1.82) is 0 Å². The number of carbonyl (C=O) groups is 1. The van der Waals surface area contributed by atoms with Crippen molar-refractivity contribution in [2.45, 2.75) is 46.4 Å². The molecule has 6 nitrogen and oxygen atoms in total. The molecule has 0 aromatic heterocycles. The van der Waals surface area contributed by atoms with E-state index < -0.39 is 0 Å². The molecule has 7 heteroatoms. The predicted octanol–water partition coefficient (Wildman–Crippen LogP) is 2.28. The van der Waals surface area contributed by atoms with Gasteiger partial charge in [0.05, 0.1) is 13.2 Å². The summed E-state index contributed by atoms with van der Waals surface area (Å²) < 4.78 is 18.8. The predicted molar refractivity (Wildman–Crippen MR) is 105 cm³/mol. The molecule has 150 valence electrons. The lowest BCUT2D eigenvalue weighted by Crippen LogP contribution is -2.45. The number of nitrogens with zero attached hydrogens (tertiary/aromatic N) is 2. The van der Waals surface area contributed by atoms with Crippen molar-refractivity contribution in [1.82, 2.24) is 15.5 Å². The third-order valence-corrected chi connectivity index (χ3v) is 4.51. The van der Waals surface area contributed by atoms with Crippen LogP contribution in [0.3, 0.4) is 0 Å². The highest BCUT2D eigenvalue weighted by Gasteiger charge is 2.27. The van der Waals surface area contributed by atoms with Gasteiger partial charge in [0.15, 0.2) is 5.96 Å². The molecule has 0 aliphatic carbocycles. The molecule has 2 N–H and O–H groups in total. The van der Waals surface area contributed by atoms with Crippen LogP contribution in [0.5, 0.6) is 0 Å². The number of rotatable bonds is 7. The van der Waals surface area contributed by atoms with Gasteiger partial charge in [-0.15, -0.1) is 0 Å². The highest BCUT2D eigenvalue weighted by Crippen LogP contribution is 2.14. The fraction of sp³-hybridized carbons (Fsp3) is 0.600. The van der Waals surface area contributed by atoms with E-state index in [1.807, 2.05) is 25.7 Å². The number of guanidine groups is 1. The zero-order valence-corrected chi connectivity index (χ0v) is 16.7. The van der Waals surface area contributed by atoms with E-state index in [0.29, 0.717) is 24.6 Å². The lowest BCUT2D eigenvalue weighted by molar-refractivity contribution is -0.133. The van der Waals surface area contributed by atoms with Gasteiger partial charge in [0.25, 0.3) is 0 Å². The average Bonchev–Trinajstić information content (AvgIpc) is 3.10. The molecule has 0 spiro atoms. The smallest absolute Gasteiger partial charge is 0.225 e. The quantitative estimate of drug-likeness (QED) is 0.564. The molecule has 1 aliphatic heterocycles. The number of likely N-dealkylation sites (tertiary alicyclic amines) is 1. The Morgan fingerprint density at radius 1 is 1.44 bits per heavy atom. The number of nitrogens with one attached hydrogen (secondary N) is 2. The monoisotopic (exact) mass is 378 g/mol. The van der Waals surface area contributed by atoms with Crippen molar-refractivity contribution in [3.05, 3.63) is 35.1 Å². The molecule has 1 amide bonds. The van der Waals surface area contributed by atoms with Crippen LogP contribution < -0.4 is 10.6 Å². The standard InChI is InChI=1S/C20H31FN4O2/c1-5-22-20(24-17-8-9-25(12-17)19(26)14(2)3)23-11-15-6-7-18(21)16(10-15)13-27-4/h6-7,10,14,17H,5,8-9,11-13H2,1-4H3,(H2,22,23,24). The maximum absolute atomic E-state index is 13.7. The number of amides is 1. The van der Waals surface area contributed by atoms with Crippen LogP contribution in [-0.4, -0.2) is 49.6 Å². The Morgan fingerprint density at radius 3 is 2.89 bits per heavy atom. The van der Waals surface area contributed by atoms with E-state index in [2.05, 4.69) is 15.6 Å². The summed E-state index contributed by atoms with van der Waals surface area (Å²) in [6.45, 7) is 8.74. The summed E-state index contributed by atoms with van der Waals surface area (Å²) in [4.78, 5) is 18.7. The second-order valence-electron chi connectivity index (χ2n) is 7.12. The first-order valence-electron chi connectivity index (χ1n) is 9.54. The molecule has 1 heterocycles. The van der Waals surface area contributed by atoms with Crippen LogP contribution in [0.4, 0.5) is 4.39 Å². The van der Waals surface area contributed by atoms with Crippen molar-refractivity contribution in [3.8, 4) is 0 Å². The summed E-state index contributed by atoms with van der Waals surface area (Å²) in [6.07, 6.45) is 0.900. The molecule has 2 rings (SSSR count). The molecular formula is C20H31FN4O2. The molecule has 1 aromatic carbocycles. The maximum Gasteiger partial charge on any atom is 0.225 e. The van der Waals surface area contributed by atoms with Gasteiger partial charge in [0.2, 0.25) is 5.91 Å². The number of hydrogen-bond donors (Lipinski definition) is 2. The minimum absolute atomic E-state index is 0.0189. The van der Waals surface area contributed by atoms with Crippen LogP contribution in [0.2, 0.25) is 0 Å². The van der Waals surface area contributed by atoms with Crippen LogP contribution in [-0.2, 0) is 22.7 Å². The van der Waals surface area contributed by atoms with Crippen molar-refractivity contribution >= 4 is 11.9 Å². The molecular weight excluding hydrogens is 347 g/mol. The van der Waals surface area contributed by atoms with Gasteiger partial charge in [-0.3, -0.25) is 4.79 Å². The van der Waals surface area contributed by atoms with Gasteiger partial charge in [-0.1, -0.05) is 19.9 Å². The molecule has 0 radical (unpaired) electrons. The van der Waals surface area contributed by atoms with E-state index in [1.165, 1.54) is 6.07 Å². The van der Waals surface area contributed by atoms with E-state index >= 15 is 0 Å². The number of aliphatic imine (C=N–C) groups is 1. The lowest BCUT2D eigenvalue weighted by atomic mass is 10.1. The van der Waals surface area contributed by atoms with Crippen molar-refractivity contribution in [2.75, 3.05) is 26.7 Å². The molecule has 1 atom stereocenters. The maximum atomic E-state index is 13.7. The molecule has 27 heavy (non-hydrogen) atoms. The molecule has 1 aliphatic rings. The third-order valence-electron chi connectivity index (χ3n) is 4.51. The zero-order valence-electron chi connectivity index (χ0n) is 16.7. The van der Waals surface area contributed by atoms with Crippen LogP contribution in [0.15, 0.2) is 23.2 Å². The molecule has 1 unspecified atom stereocenters. The second kappa shape index (κ2) is 10.3. The molecule has 1 saturated heterocycles. The van der Waals surface area contributed by atoms with Gasteiger partial charge >= 0.3 is 0 Å². The van der Waals surface area contributed by atoms with Crippen LogP contribution in [0.1, 0.15) is 38.3 Å². The molecule has 0 bridgehead atoms. The van der Waals surface area contributed by atoms with Crippen LogP contribution >= 0.6 is 0 Å². The number of carbonyl (C=O) groups excluding carboxylic acids is 1. The van der Waals surface area contributed by atoms with Crippen molar-refractivity contribution < 1.29 is 13.9 Å². The summed E-state index contributed by atoms with van der Waals surface area (Å²) in [7, 11) is 1.55. The van der Waals surface area contributed by atoms with E-state index in [1.54, 1.807) is 19.2 Å². The first-order chi connectivity index (χ1) is 12.9. The van der Waals surface area contributed by atoms with E-state index in [4.69, 9.17) is 4.74 Å². The van der Waals surface area contributed by atoms with Gasteiger partial charge in [-0.05, 0) is 31.0 Å². The number of methoxy groups -OCH3 is 1. The number of halogens is 1. The summed E-state index contributed by atoms with van der Waals surface area (Å²) in [5.41, 5.74) is 1.45. The zero-order chi connectivity index (χ0) is 19.8. The Labute approximate surface area is 161 Å². The summed E-state index contributed by atoms with van der Waals surface area (Å²) in [6, 6.07) is 5.15. The average molecular weight is 378 g/mol. The number of benzene rings is 1. The first kappa shape index (κ1) is 21.2. The number of ether oxygens (including phenoxy) is 1. The van der Waals surface area contributed by atoms with Gasteiger partial charge in [0.1, 0.15) is 5.82 Å². The Morgan fingerprint density at radius 2 is 2.22 bits per heavy atom. The molecule has 0 saturated carbocycles. The topological polar surface area (TPSA) is 66.0 Å². The van der Waals surface area contributed by atoms with Crippen molar-refractivity contribution in [2.24, 2.45) is 10.9 Å². The van der Waals surface area contributed by atoms with Crippen LogP contribution in [0, 0.1) is 11.7 Å². The first-order valence-corrected chi connectivity index (χ1v) is 9.54. The molecule has 1 aromatic rings.